The van der Waals surface area contributed by atoms with E-state index in [1.54, 1.807) is 0 Å². The maximum atomic E-state index is 4.62. The van der Waals surface area contributed by atoms with Crippen LogP contribution >= 0.6 is 11.3 Å². The standard InChI is InChI=1S/C18H28N6S/c1-18(2,3)17-20-10-14(25-17)12-23-7-4-13(5-8-23)16-22-21-15-11-19-6-9-24(15)16/h10,13,19H,4-9,11-12H2,1-3H3. The van der Waals surface area contributed by atoms with Crippen LogP contribution in [-0.4, -0.2) is 44.3 Å². The van der Waals surface area contributed by atoms with Gasteiger partial charge in [0.15, 0.2) is 0 Å². The van der Waals surface area contributed by atoms with Crippen LogP contribution in [0.4, 0.5) is 0 Å². The van der Waals surface area contributed by atoms with Crippen LogP contribution in [0, 0.1) is 0 Å². The van der Waals surface area contributed by atoms with Crippen molar-refractivity contribution in [2.75, 3.05) is 19.6 Å². The number of likely N-dealkylation sites (tertiary alicyclic amines) is 1. The van der Waals surface area contributed by atoms with Gasteiger partial charge in [0, 0.05) is 42.0 Å². The van der Waals surface area contributed by atoms with Gasteiger partial charge in [0.05, 0.1) is 11.6 Å². The fourth-order valence-electron chi connectivity index (χ4n) is 3.71. The summed E-state index contributed by atoms with van der Waals surface area (Å²) in [6, 6.07) is 0. The number of nitrogens with zero attached hydrogens (tertiary/aromatic N) is 5. The fourth-order valence-corrected chi connectivity index (χ4v) is 4.73. The lowest BCUT2D eigenvalue weighted by Crippen LogP contribution is -2.34. The molecule has 0 atom stereocenters. The van der Waals surface area contributed by atoms with Crippen molar-refractivity contribution in [1.82, 2.24) is 30.0 Å². The first-order chi connectivity index (χ1) is 12.0. The van der Waals surface area contributed by atoms with E-state index in [-0.39, 0.29) is 5.41 Å². The molecular formula is C18H28N6S. The van der Waals surface area contributed by atoms with Crippen molar-refractivity contribution in [3.63, 3.8) is 0 Å². The van der Waals surface area contributed by atoms with Gasteiger partial charge in [-0.2, -0.15) is 0 Å². The number of nitrogens with one attached hydrogen (secondary N) is 1. The normalized spacial score (nSPS) is 20.0. The van der Waals surface area contributed by atoms with Crippen molar-refractivity contribution in [2.24, 2.45) is 0 Å². The Hall–Kier alpha value is -1.31. The summed E-state index contributed by atoms with van der Waals surface area (Å²) in [4.78, 5) is 8.57. The van der Waals surface area contributed by atoms with Crippen molar-refractivity contribution < 1.29 is 0 Å². The molecule has 2 aromatic heterocycles. The molecule has 2 aliphatic heterocycles. The predicted octanol–water partition coefficient (Wildman–Crippen LogP) is 2.51. The van der Waals surface area contributed by atoms with Gasteiger partial charge in [-0.1, -0.05) is 20.8 Å². The Labute approximate surface area is 153 Å². The maximum absolute atomic E-state index is 4.62. The van der Waals surface area contributed by atoms with Crippen LogP contribution in [0.15, 0.2) is 6.20 Å². The molecule has 4 rings (SSSR count). The van der Waals surface area contributed by atoms with Crippen LogP contribution in [0.5, 0.6) is 0 Å². The summed E-state index contributed by atoms with van der Waals surface area (Å²) in [5, 5.41) is 13.5. The molecule has 0 saturated carbocycles. The Balaban J connectivity index is 1.36. The van der Waals surface area contributed by atoms with E-state index in [0.717, 1.165) is 45.1 Å². The van der Waals surface area contributed by atoms with Crippen LogP contribution in [0.2, 0.25) is 0 Å². The third-order valence-corrected chi connectivity index (χ3v) is 6.59. The van der Waals surface area contributed by atoms with Gasteiger partial charge in [0.25, 0.3) is 0 Å². The zero-order valence-corrected chi connectivity index (χ0v) is 16.3. The Bertz CT molecular complexity index is 720. The van der Waals surface area contributed by atoms with Gasteiger partial charge in [-0.05, 0) is 25.9 Å². The Kier molecular flexibility index (Phi) is 4.64. The first kappa shape index (κ1) is 17.1. The molecule has 4 heterocycles. The zero-order chi connectivity index (χ0) is 17.4. The Morgan fingerprint density at radius 1 is 1.20 bits per heavy atom. The molecule has 0 bridgehead atoms. The van der Waals surface area contributed by atoms with Crippen molar-refractivity contribution in [1.29, 1.82) is 0 Å². The molecule has 6 nitrogen and oxygen atoms in total. The molecule has 136 valence electrons. The molecule has 1 fully saturated rings. The molecule has 1 saturated heterocycles. The molecule has 0 amide bonds. The number of fused-ring (bicyclic) bond motifs is 1. The zero-order valence-electron chi connectivity index (χ0n) is 15.5. The van der Waals surface area contributed by atoms with Gasteiger partial charge in [0.2, 0.25) is 0 Å². The molecular weight excluding hydrogens is 332 g/mol. The van der Waals surface area contributed by atoms with Gasteiger partial charge in [-0.3, -0.25) is 4.90 Å². The Morgan fingerprint density at radius 3 is 2.72 bits per heavy atom. The van der Waals surface area contributed by atoms with Crippen LogP contribution in [-0.2, 0) is 25.0 Å². The highest BCUT2D eigenvalue weighted by molar-refractivity contribution is 7.11. The lowest BCUT2D eigenvalue weighted by atomic mass is 9.95. The molecule has 1 N–H and O–H groups in total. The first-order valence-electron chi connectivity index (χ1n) is 9.31. The topological polar surface area (TPSA) is 58.9 Å². The van der Waals surface area contributed by atoms with Crippen molar-refractivity contribution >= 4 is 11.3 Å². The van der Waals surface area contributed by atoms with Crippen LogP contribution in [0.3, 0.4) is 0 Å². The molecule has 2 aromatic rings. The van der Waals surface area contributed by atoms with E-state index in [4.69, 9.17) is 0 Å². The minimum absolute atomic E-state index is 0.150. The van der Waals surface area contributed by atoms with Gasteiger partial charge in [0.1, 0.15) is 11.6 Å². The second kappa shape index (κ2) is 6.78. The molecule has 0 spiro atoms. The predicted molar refractivity (Wildman–Crippen MR) is 99.8 cm³/mol. The number of hydrogen-bond acceptors (Lipinski definition) is 6. The van der Waals surface area contributed by atoms with E-state index >= 15 is 0 Å². The van der Waals surface area contributed by atoms with E-state index in [2.05, 4.69) is 56.9 Å². The van der Waals surface area contributed by atoms with E-state index in [0.29, 0.717) is 5.92 Å². The summed E-state index contributed by atoms with van der Waals surface area (Å²) in [5.74, 6) is 2.87. The van der Waals surface area contributed by atoms with Crippen molar-refractivity contribution in [2.45, 2.75) is 64.6 Å². The molecule has 0 unspecified atom stereocenters. The number of aromatic nitrogens is 4. The lowest BCUT2D eigenvalue weighted by Gasteiger charge is -2.31. The summed E-state index contributed by atoms with van der Waals surface area (Å²) in [6.45, 7) is 12.9. The highest BCUT2D eigenvalue weighted by Gasteiger charge is 2.27. The van der Waals surface area contributed by atoms with E-state index in [9.17, 15) is 0 Å². The largest absolute Gasteiger partial charge is 0.312 e. The van der Waals surface area contributed by atoms with Gasteiger partial charge >= 0.3 is 0 Å². The SMILES string of the molecule is CC(C)(C)c1ncc(CN2CCC(c3nnc4n3CCNC4)CC2)s1. The van der Waals surface area contributed by atoms with E-state index in [1.807, 2.05) is 11.3 Å². The third-order valence-electron chi connectivity index (χ3n) is 5.18. The fraction of sp³-hybridized carbons (Fsp3) is 0.722. The van der Waals surface area contributed by atoms with Crippen LogP contribution in [0.25, 0.3) is 0 Å². The average molecular weight is 361 g/mol. The molecule has 25 heavy (non-hydrogen) atoms. The number of thiazole rings is 1. The highest BCUT2D eigenvalue weighted by atomic mass is 32.1. The maximum Gasteiger partial charge on any atom is 0.147 e. The van der Waals surface area contributed by atoms with Gasteiger partial charge < -0.3 is 9.88 Å². The molecule has 0 aromatic carbocycles. The van der Waals surface area contributed by atoms with E-state index in [1.165, 1.54) is 28.6 Å². The summed E-state index contributed by atoms with van der Waals surface area (Å²) in [5.41, 5.74) is 0.150. The summed E-state index contributed by atoms with van der Waals surface area (Å²) in [7, 11) is 0. The number of hydrogen-bond donors (Lipinski definition) is 1. The van der Waals surface area contributed by atoms with Crippen molar-refractivity contribution in [3.05, 3.63) is 27.7 Å². The second-order valence-corrected chi connectivity index (χ2v) is 9.35. The lowest BCUT2D eigenvalue weighted by molar-refractivity contribution is 0.201. The summed E-state index contributed by atoms with van der Waals surface area (Å²) in [6.07, 6.45) is 4.42. The summed E-state index contributed by atoms with van der Waals surface area (Å²) < 4.78 is 2.34. The van der Waals surface area contributed by atoms with Crippen LogP contribution < -0.4 is 5.32 Å². The van der Waals surface area contributed by atoms with Crippen molar-refractivity contribution in [3.8, 4) is 0 Å². The van der Waals surface area contributed by atoms with Crippen LogP contribution in [0.1, 0.15) is 61.1 Å². The smallest absolute Gasteiger partial charge is 0.147 e. The molecule has 0 radical (unpaired) electrons. The highest BCUT2D eigenvalue weighted by Crippen LogP contribution is 2.31. The Morgan fingerprint density at radius 2 is 2.00 bits per heavy atom. The molecule has 2 aliphatic rings. The number of piperidine rings is 1. The molecule has 7 heteroatoms. The van der Waals surface area contributed by atoms with Gasteiger partial charge in [-0.15, -0.1) is 21.5 Å². The minimum atomic E-state index is 0.150. The molecule has 0 aliphatic carbocycles. The van der Waals surface area contributed by atoms with Gasteiger partial charge in [-0.25, -0.2) is 4.98 Å². The minimum Gasteiger partial charge on any atom is -0.312 e. The van der Waals surface area contributed by atoms with E-state index < -0.39 is 0 Å². The monoisotopic (exact) mass is 360 g/mol. The first-order valence-corrected chi connectivity index (χ1v) is 10.1. The quantitative estimate of drug-likeness (QED) is 0.911. The number of rotatable bonds is 3. The average Bonchev–Trinajstić information content (AvgIpc) is 3.22. The third kappa shape index (κ3) is 3.64. The second-order valence-electron chi connectivity index (χ2n) is 8.23. The summed E-state index contributed by atoms with van der Waals surface area (Å²) >= 11 is 1.86.